The first-order valence-corrected chi connectivity index (χ1v) is 8.44. The minimum absolute atomic E-state index is 0. The summed E-state index contributed by atoms with van der Waals surface area (Å²) in [6, 6.07) is 8.39. The van der Waals surface area contributed by atoms with Gasteiger partial charge in [-0.15, -0.1) is 12.4 Å². The fourth-order valence-electron chi connectivity index (χ4n) is 5.52. The van der Waals surface area contributed by atoms with Gasteiger partial charge in [0.15, 0.2) is 0 Å². The summed E-state index contributed by atoms with van der Waals surface area (Å²) < 4.78 is 0. The highest BCUT2D eigenvalue weighted by Gasteiger charge is 2.68. The Kier molecular flexibility index (Phi) is 3.46. The van der Waals surface area contributed by atoms with E-state index >= 15 is 0 Å². The van der Waals surface area contributed by atoms with Crippen molar-refractivity contribution in [1.29, 1.82) is 0 Å². The fraction of sp³-hybridized carbons (Fsp3) is 0.611. The Balaban J connectivity index is 0.00000125. The molecular weight excluding hydrogens is 296 g/mol. The number of nitrogens with one attached hydrogen (secondary N) is 1. The predicted octanol–water partition coefficient (Wildman–Crippen LogP) is 2.84. The normalized spacial score (nSPS) is 37.8. The average Bonchev–Trinajstić information content (AvgIpc) is 3.06. The summed E-state index contributed by atoms with van der Waals surface area (Å²) in [7, 11) is 0. The molecule has 3 fully saturated rings. The van der Waals surface area contributed by atoms with Crippen molar-refractivity contribution < 1.29 is 4.79 Å². The summed E-state index contributed by atoms with van der Waals surface area (Å²) in [6.45, 7) is 2.60. The van der Waals surface area contributed by atoms with Gasteiger partial charge in [0.2, 0.25) is 5.91 Å². The maximum Gasteiger partial charge on any atom is 0.230 e. The molecule has 1 aliphatic heterocycles. The van der Waals surface area contributed by atoms with Crippen molar-refractivity contribution >= 4 is 24.0 Å². The molecule has 1 aromatic carbocycles. The Morgan fingerprint density at radius 2 is 1.86 bits per heavy atom. The van der Waals surface area contributed by atoms with Gasteiger partial charge >= 0.3 is 0 Å². The van der Waals surface area contributed by atoms with Gasteiger partial charge in [0.25, 0.3) is 0 Å². The van der Waals surface area contributed by atoms with Crippen molar-refractivity contribution in [2.45, 2.75) is 25.8 Å². The first-order valence-electron chi connectivity index (χ1n) is 8.44. The van der Waals surface area contributed by atoms with Crippen LogP contribution in [0.4, 0.5) is 5.69 Å². The largest absolute Gasteiger partial charge is 0.311 e. The molecule has 22 heavy (non-hydrogen) atoms. The van der Waals surface area contributed by atoms with Crippen molar-refractivity contribution in [3.8, 4) is 0 Å². The second-order valence-electron chi connectivity index (χ2n) is 7.31. The smallest absolute Gasteiger partial charge is 0.230 e. The average molecular weight is 319 g/mol. The summed E-state index contributed by atoms with van der Waals surface area (Å²) >= 11 is 0. The van der Waals surface area contributed by atoms with E-state index in [2.05, 4.69) is 34.5 Å². The number of hydrogen-bond donors (Lipinski definition) is 1. The Labute approximate surface area is 137 Å². The molecule has 3 saturated carbocycles. The lowest BCUT2D eigenvalue weighted by molar-refractivity contribution is -0.120. The van der Waals surface area contributed by atoms with Crippen LogP contribution in [-0.4, -0.2) is 19.0 Å². The molecule has 0 radical (unpaired) electrons. The van der Waals surface area contributed by atoms with Crippen LogP contribution in [0, 0.1) is 29.6 Å². The van der Waals surface area contributed by atoms with Crippen LogP contribution in [0.1, 0.15) is 24.8 Å². The van der Waals surface area contributed by atoms with Gasteiger partial charge in [-0.1, -0.05) is 18.2 Å². The van der Waals surface area contributed by atoms with E-state index in [4.69, 9.17) is 0 Å². The quantitative estimate of drug-likeness (QED) is 0.863. The van der Waals surface area contributed by atoms with Crippen molar-refractivity contribution in [3.63, 3.8) is 0 Å². The number of benzene rings is 1. The molecule has 1 amide bonds. The number of anilines is 1. The van der Waals surface area contributed by atoms with Crippen molar-refractivity contribution in [3.05, 3.63) is 29.8 Å². The maximum atomic E-state index is 13.1. The van der Waals surface area contributed by atoms with Gasteiger partial charge in [0.1, 0.15) is 0 Å². The fourth-order valence-corrected chi connectivity index (χ4v) is 5.52. The third-order valence-corrected chi connectivity index (χ3v) is 6.40. The number of amides is 1. The maximum absolute atomic E-state index is 13.1. The van der Waals surface area contributed by atoms with E-state index in [1.807, 2.05) is 0 Å². The number of para-hydroxylation sites is 1. The van der Waals surface area contributed by atoms with E-state index in [9.17, 15) is 4.79 Å². The van der Waals surface area contributed by atoms with Crippen LogP contribution in [0.2, 0.25) is 0 Å². The predicted molar refractivity (Wildman–Crippen MR) is 89.1 cm³/mol. The summed E-state index contributed by atoms with van der Waals surface area (Å²) in [5, 5.41) is 3.43. The Morgan fingerprint density at radius 1 is 1.14 bits per heavy atom. The molecule has 0 spiro atoms. The highest BCUT2D eigenvalue weighted by Crippen LogP contribution is 2.69. The Bertz CT molecular complexity index is 589. The third kappa shape index (κ3) is 1.95. The van der Waals surface area contributed by atoms with Gasteiger partial charge in [0, 0.05) is 31.2 Å². The van der Waals surface area contributed by atoms with Crippen LogP contribution in [0.5, 0.6) is 0 Å². The van der Waals surface area contributed by atoms with Crippen LogP contribution in [0.15, 0.2) is 24.3 Å². The molecule has 3 aliphatic carbocycles. The molecule has 5 rings (SSSR count). The summed E-state index contributed by atoms with van der Waals surface area (Å²) in [5.41, 5.74) is 2.40. The van der Waals surface area contributed by atoms with Gasteiger partial charge in [0.05, 0.1) is 0 Å². The van der Waals surface area contributed by atoms with Gasteiger partial charge in [-0.25, -0.2) is 0 Å². The first-order chi connectivity index (χ1) is 10.3. The third-order valence-electron chi connectivity index (χ3n) is 6.40. The molecule has 4 heteroatoms. The van der Waals surface area contributed by atoms with E-state index in [-0.39, 0.29) is 12.4 Å². The zero-order valence-electron chi connectivity index (χ0n) is 12.7. The monoisotopic (exact) mass is 318 g/mol. The molecule has 0 aromatic heterocycles. The van der Waals surface area contributed by atoms with Gasteiger partial charge in [-0.05, 0) is 54.6 Å². The number of fused-ring (bicyclic) bond motifs is 6. The second kappa shape index (κ2) is 5.24. The lowest BCUT2D eigenvalue weighted by Gasteiger charge is -2.24. The number of hydrogen-bond acceptors (Lipinski definition) is 2. The highest BCUT2D eigenvalue weighted by atomic mass is 35.5. The first kappa shape index (κ1) is 14.5. The van der Waals surface area contributed by atoms with E-state index in [1.165, 1.54) is 24.8 Å². The number of nitrogens with zero attached hydrogens (tertiary/aromatic N) is 1. The van der Waals surface area contributed by atoms with Crippen molar-refractivity contribution in [2.24, 2.45) is 29.6 Å². The van der Waals surface area contributed by atoms with Crippen LogP contribution in [0.3, 0.4) is 0 Å². The van der Waals surface area contributed by atoms with Gasteiger partial charge in [-0.2, -0.15) is 0 Å². The number of carbonyl (C=O) groups is 1. The summed E-state index contributed by atoms with van der Waals surface area (Å²) in [6.07, 6.45) is 4.18. The number of carbonyl (C=O) groups excluding carboxylic acids is 1. The molecule has 2 bridgehead atoms. The molecule has 3 nitrogen and oxygen atoms in total. The minimum atomic E-state index is 0. The van der Waals surface area contributed by atoms with Gasteiger partial charge in [-0.3, -0.25) is 4.79 Å². The summed E-state index contributed by atoms with van der Waals surface area (Å²) in [5.74, 6) is 3.97. The number of rotatable bonds is 1. The minimum Gasteiger partial charge on any atom is -0.311 e. The molecule has 4 atom stereocenters. The Hall–Kier alpha value is -1.06. The SMILES string of the molecule is Cl.O=C(C1C2C3CCC(C3)C12)N1CCNCc2ccccc21. The number of halogens is 1. The lowest BCUT2D eigenvalue weighted by Crippen LogP contribution is -2.37. The van der Waals surface area contributed by atoms with Crippen molar-refractivity contribution in [1.82, 2.24) is 5.32 Å². The zero-order chi connectivity index (χ0) is 14.0. The molecule has 118 valence electrons. The second-order valence-corrected chi connectivity index (χ2v) is 7.31. The van der Waals surface area contributed by atoms with Crippen molar-refractivity contribution in [2.75, 3.05) is 18.0 Å². The summed E-state index contributed by atoms with van der Waals surface area (Å²) in [4.78, 5) is 15.2. The van der Waals surface area contributed by atoms with Crippen LogP contribution in [0.25, 0.3) is 0 Å². The van der Waals surface area contributed by atoms with E-state index in [1.54, 1.807) is 0 Å². The van der Waals surface area contributed by atoms with Crippen LogP contribution >= 0.6 is 12.4 Å². The Morgan fingerprint density at radius 3 is 2.64 bits per heavy atom. The molecule has 1 heterocycles. The standard InChI is InChI=1S/C18H22N2O.ClH/c21-18(17-15-11-5-6-12(9-11)16(15)17)20-8-7-19-10-13-3-1-2-4-14(13)20;/h1-4,11-12,15-17,19H,5-10H2;1H. The van der Waals surface area contributed by atoms with Crippen LogP contribution in [-0.2, 0) is 11.3 Å². The lowest BCUT2D eigenvalue weighted by atomic mass is 10.0. The molecule has 4 aliphatic rings. The van der Waals surface area contributed by atoms with E-state index in [0.29, 0.717) is 11.8 Å². The van der Waals surface area contributed by atoms with Crippen LogP contribution < -0.4 is 10.2 Å². The molecule has 0 saturated heterocycles. The molecule has 1 N–H and O–H groups in total. The zero-order valence-corrected chi connectivity index (χ0v) is 13.5. The highest BCUT2D eigenvalue weighted by molar-refractivity contribution is 5.98. The molecular formula is C18H23ClN2O. The topological polar surface area (TPSA) is 32.3 Å². The van der Waals surface area contributed by atoms with E-state index < -0.39 is 0 Å². The van der Waals surface area contributed by atoms with E-state index in [0.717, 1.165) is 49.0 Å². The molecule has 4 unspecified atom stereocenters. The van der Waals surface area contributed by atoms with Gasteiger partial charge < -0.3 is 10.2 Å². The molecule has 1 aromatic rings.